The van der Waals surface area contributed by atoms with Crippen molar-refractivity contribution in [1.82, 2.24) is 15.2 Å². The maximum Gasteiger partial charge on any atom is 0.247 e. The van der Waals surface area contributed by atoms with Crippen molar-refractivity contribution in [2.24, 2.45) is 0 Å². The van der Waals surface area contributed by atoms with Gasteiger partial charge in [-0.2, -0.15) is 5.26 Å². The van der Waals surface area contributed by atoms with Crippen molar-refractivity contribution < 1.29 is 18.7 Å². The SMILES string of the molecule is CC(=O)N1CC(Oc2ccc(NC(=O)[C@H](NCC(C)c3ccc(C#N)cc3)c3cccc(F)c3)nc2)C1. The third-order valence-electron chi connectivity index (χ3n) is 6.26. The van der Waals surface area contributed by atoms with Crippen LogP contribution in [0.1, 0.15) is 42.5 Å². The average Bonchev–Trinajstić information content (AvgIpc) is 2.86. The maximum absolute atomic E-state index is 14.0. The molecule has 2 aromatic carbocycles. The Labute approximate surface area is 215 Å². The van der Waals surface area contributed by atoms with Gasteiger partial charge in [0.25, 0.3) is 0 Å². The van der Waals surface area contributed by atoms with Crippen LogP contribution >= 0.6 is 0 Å². The summed E-state index contributed by atoms with van der Waals surface area (Å²) in [5.74, 6) is 0.119. The second-order valence-corrected chi connectivity index (χ2v) is 9.06. The molecule has 3 aromatic rings. The summed E-state index contributed by atoms with van der Waals surface area (Å²) in [6.07, 6.45) is 1.44. The number of halogens is 1. The Balaban J connectivity index is 1.40. The number of benzene rings is 2. The van der Waals surface area contributed by atoms with E-state index in [4.69, 9.17) is 10.00 Å². The van der Waals surface area contributed by atoms with Gasteiger partial charge in [0.1, 0.15) is 29.5 Å². The van der Waals surface area contributed by atoms with Crippen molar-refractivity contribution in [2.45, 2.75) is 31.9 Å². The molecule has 1 saturated heterocycles. The Morgan fingerprint density at radius 2 is 1.92 bits per heavy atom. The van der Waals surface area contributed by atoms with E-state index in [1.54, 1.807) is 41.3 Å². The lowest BCUT2D eigenvalue weighted by Crippen LogP contribution is -2.55. The first-order valence-corrected chi connectivity index (χ1v) is 12.0. The molecule has 1 aromatic heterocycles. The van der Waals surface area contributed by atoms with Crippen molar-refractivity contribution in [3.63, 3.8) is 0 Å². The maximum atomic E-state index is 14.0. The van der Waals surface area contributed by atoms with Crippen LogP contribution in [0.15, 0.2) is 66.9 Å². The predicted octanol–water partition coefficient (Wildman–Crippen LogP) is 3.77. The van der Waals surface area contributed by atoms with Gasteiger partial charge in [-0.1, -0.05) is 31.2 Å². The number of hydrogen-bond acceptors (Lipinski definition) is 6. The van der Waals surface area contributed by atoms with Gasteiger partial charge >= 0.3 is 0 Å². The summed E-state index contributed by atoms with van der Waals surface area (Å²) in [6, 6.07) is 17.8. The first kappa shape index (κ1) is 25.8. The van der Waals surface area contributed by atoms with Crippen LogP contribution in [0.4, 0.5) is 10.2 Å². The van der Waals surface area contributed by atoms with Crippen LogP contribution in [-0.4, -0.2) is 47.4 Å². The number of nitrogens with zero attached hydrogens (tertiary/aromatic N) is 3. The molecule has 190 valence electrons. The van der Waals surface area contributed by atoms with Crippen LogP contribution in [0.3, 0.4) is 0 Å². The Bertz CT molecular complexity index is 1280. The largest absolute Gasteiger partial charge is 0.485 e. The second kappa shape index (κ2) is 11.6. The summed E-state index contributed by atoms with van der Waals surface area (Å²) in [6.45, 7) is 5.05. The summed E-state index contributed by atoms with van der Waals surface area (Å²) in [7, 11) is 0. The molecular weight excluding hydrogens is 473 g/mol. The Morgan fingerprint density at radius 1 is 1.16 bits per heavy atom. The third-order valence-corrected chi connectivity index (χ3v) is 6.26. The normalized spacial score (nSPS) is 14.7. The van der Waals surface area contributed by atoms with Gasteiger partial charge in [0, 0.05) is 13.5 Å². The van der Waals surface area contributed by atoms with Gasteiger partial charge < -0.3 is 20.3 Å². The molecule has 0 aliphatic carbocycles. The Hall–Kier alpha value is -4.29. The lowest BCUT2D eigenvalue weighted by molar-refractivity contribution is -0.137. The topological polar surface area (TPSA) is 107 Å². The van der Waals surface area contributed by atoms with E-state index in [0.29, 0.717) is 42.3 Å². The third kappa shape index (κ3) is 6.68. The number of carbonyl (C=O) groups is 2. The molecule has 2 N–H and O–H groups in total. The highest BCUT2D eigenvalue weighted by atomic mass is 19.1. The lowest BCUT2D eigenvalue weighted by atomic mass is 9.98. The molecule has 37 heavy (non-hydrogen) atoms. The van der Waals surface area contributed by atoms with E-state index in [0.717, 1.165) is 5.56 Å². The fourth-order valence-electron chi connectivity index (χ4n) is 4.03. The van der Waals surface area contributed by atoms with E-state index < -0.39 is 11.9 Å². The molecule has 1 unspecified atom stereocenters. The summed E-state index contributed by atoms with van der Waals surface area (Å²) in [5, 5.41) is 15.0. The first-order valence-electron chi connectivity index (χ1n) is 12.0. The molecule has 1 aliphatic heterocycles. The molecule has 4 rings (SSSR count). The van der Waals surface area contributed by atoms with Gasteiger partial charge in [-0.15, -0.1) is 0 Å². The van der Waals surface area contributed by atoms with E-state index >= 15 is 0 Å². The van der Waals surface area contributed by atoms with Crippen molar-refractivity contribution in [3.8, 4) is 11.8 Å². The molecule has 0 saturated carbocycles. The highest BCUT2D eigenvalue weighted by molar-refractivity contribution is 5.94. The zero-order chi connectivity index (χ0) is 26.4. The van der Waals surface area contributed by atoms with Crippen molar-refractivity contribution in [3.05, 3.63) is 89.4 Å². The number of amides is 2. The smallest absolute Gasteiger partial charge is 0.247 e. The van der Waals surface area contributed by atoms with Gasteiger partial charge in [0.2, 0.25) is 11.8 Å². The fraction of sp³-hybridized carbons (Fsp3) is 0.286. The van der Waals surface area contributed by atoms with E-state index in [1.165, 1.54) is 25.3 Å². The molecule has 1 aliphatic rings. The number of nitrogens with one attached hydrogen (secondary N) is 2. The number of likely N-dealkylation sites (tertiary alicyclic amines) is 1. The van der Waals surface area contributed by atoms with Crippen LogP contribution < -0.4 is 15.4 Å². The highest BCUT2D eigenvalue weighted by Crippen LogP contribution is 2.22. The van der Waals surface area contributed by atoms with Crippen molar-refractivity contribution in [2.75, 3.05) is 25.0 Å². The molecule has 2 heterocycles. The van der Waals surface area contributed by atoms with Gasteiger partial charge in [-0.25, -0.2) is 9.37 Å². The molecule has 0 radical (unpaired) electrons. The molecule has 0 bridgehead atoms. The summed E-state index contributed by atoms with van der Waals surface area (Å²) >= 11 is 0. The minimum Gasteiger partial charge on any atom is -0.485 e. The van der Waals surface area contributed by atoms with E-state index in [2.05, 4.69) is 21.7 Å². The predicted molar refractivity (Wildman–Crippen MR) is 136 cm³/mol. The number of hydrogen-bond donors (Lipinski definition) is 2. The molecule has 0 spiro atoms. The molecule has 9 heteroatoms. The number of nitriles is 1. The van der Waals surface area contributed by atoms with Crippen LogP contribution in [0.2, 0.25) is 0 Å². The van der Waals surface area contributed by atoms with Gasteiger partial charge in [0.05, 0.1) is 30.9 Å². The van der Waals surface area contributed by atoms with Gasteiger partial charge in [0.15, 0.2) is 0 Å². The van der Waals surface area contributed by atoms with Gasteiger partial charge in [-0.05, 0) is 53.4 Å². The van der Waals surface area contributed by atoms with E-state index in [-0.39, 0.29) is 23.8 Å². The first-order chi connectivity index (χ1) is 17.8. The highest BCUT2D eigenvalue weighted by Gasteiger charge is 2.30. The van der Waals surface area contributed by atoms with Crippen LogP contribution in [0.5, 0.6) is 5.75 Å². The van der Waals surface area contributed by atoms with Crippen LogP contribution in [-0.2, 0) is 9.59 Å². The van der Waals surface area contributed by atoms with Crippen molar-refractivity contribution >= 4 is 17.6 Å². The fourth-order valence-corrected chi connectivity index (χ4v) is 4.03. The lowest BCUT2D eigenvalue weighted by Gasteiger charge is -2.38. The van der Waals surface area contributed by atoms with E-state index in [9.17, 15) is 14.0 Å². The van der Waals surface area contributed by atoms with E-state index in [1.807, 2.05) is 19.1 Å². The average molecular weight is 502 g/mol. The molecule has 2 atom stereocenters. The van der Waals surface area contributed by atoms with Gasteiger partial charge in [-0.3, -0.25) is 9.59 Å². The number of ether oxygens (including phenoxy) is 1. The van der Waals surface area contributed by atoms with Crippen molar-refractivity contribution in [1.29, 1.82) is 5.26 Å². The monoisotopic (exact) mass is 501 g/mol. The molecule has 8 nitrogen and oxygen atoms in total. The minimum atomic E-state index is -0.818. The van der Waals surface area contributed by atoms with Crippen LogP contribution in [0, 0.1) is 17.1 Å². The summed E-state index contributed by atoms with van der Waals surface area (Å²) in [4.78, 5) is 30.5. The quantitative estimate of drug-likeness (QED) is 0.462. The Kier molecular flexibility index (Phi) is 8.11. The second-order valence-electron chi connectivity index (χ2n) is 9.06. The van der Waals surface area contributed by atoms with Crippen LogP contribution in [0.25, 0.3) is 0 Å². The molecular formula is C28H28FN5O3. The minimum absolute atomic E-state index is 0.0174. The summed E-state index contributed by atoms with van der Waals surface area (Å²) in [5.41, 5.74) is 2.08. The standard InChI is InChI=1S/C28H28FN5O3/c1-18(21-8-6-20(13-30)7-9-21)14-32-27(22-4-3-5-23(29)12-22)28(36)33-26-11-10-24(15-31-26)37-25-16-34(17-25)19(2)35/h3-12,15,18,25,27,32H,14,16-17H2,1-2H3,(H,31,33,36)/t18?,27-/m1/s1. The number of rotatable bonds is 9. The number of aromatic nitrogens is 1. The number of carbonyl (C=O) groups excluding carboxylic acids is 2. The zero-order valence-corrected chi connectivity index (χ0v) is 20.6. The number of pyridine rings is 1. The summed E-state index contributed by atoms with van der Waals surface area (Å²) < 4.78 is 19.8. The molecule has 1 fully saturated rings. The zero-order valence-electron chi connectivity index (χ0n) is 20.6. The molecule has 2 amide bonds. The Morgan fingerprint density at radius 3 is 2.54 bits per heavy atom. The number of anilines is 1.